The maximum atomic E-state index is 10.9. The van der Waals surface area contributed by atoms with Gasteiger partial charge in [0.2, 0.25) is 5.91 Å². The molecule has 0 aliphatic heterocycles. The second-order valence-corrected chi connectivity index (χ2v) is 4.13. The molecule has 0 aliphatic rings. The molecule has 1 N–H and O–H groups in total. The van der Waals surface area contributed by atoms with Crippen molar-refractivity contribution < 1.29 is 9.59 Å². The predicted octanol–water partition coefficient (Wildman–Crippen LogP) is 1.73. The van der Waals surface area contributed by atoms with E-state index in [9.17, 15) is 9.59 Å². The summed E-state index contributed by atoms with van der Waals surface area (Å²) in [5.74, 6) is 0.798. The molecule has 1 rings (SSSR count). The summed E-state index contributed by atoms with van der Waals surface area (Å²) in [6.45, 7) is 0. The Hall–Kier alpha value is -1.29. The molecule has 0 aromatic heterocycles. The van der Waals surface area contributed by atoms with Gasteiger partial charge >= 0.3 is 0 Å². The molecule has 0 fully saturated rings. The van der Waals surface area contributed by atoms with E-state index in [4.69, 9.17) is 0 Å². The number of nitrogens with one attached hydrogen (secondary N) is 1. The first-order valence-corrected chi connectivity index (χ1v) is 5.63. The van der Waals surface area contributed by atoms with Crippen LogP contribution in [0, 0.1) is 0 Å². The molecule has 1 aromatic carbocycles. The van der Waals surface area contributed by atoms with Crippen LogP contribution in [0.5, 0.6) is 0 Å². The molecule has 1 amide bonds. The van der Waals surface area contributed by atoms with E-state index in [1.54, 1.807) is 30.9 Å². The number of benzene rings is 1. The normalized spacial score (nSPS) is 9.67. The monoisotopic (exact) mass is 223 g/mol. The highest BCUT2D eigenvalue weighted by molar-refractivity contribution is 7.99. The van der Waals surface area contributed by atoms with Crippen molar-refractivity contribution in [1.82, 2.24) is 5.32 Å². The number of carbonyl (C=O) groups excluding carboxylic acids is 2. The Morgan fingerprint density at radius 3 is 2.60 bits per heavy atom. The number of hydrogen-bond donors (Lipinski definition) is 1. The molecule has 0 saturated carbocycles. The van der Waals surface area contributed by atoms with Crippen LogP contribution in [0.2, 0.25) is 0 Å². The quantitative estimate of drug-likeness (QED) is 0.611. The molecule has 0 atom stereocenters. The fourth-order valence-corrected chi connectivity index (χ4v) is 1.88. The first-order valence-electron chi connectivity index (χ1n) is 4.65. The van der Waals surface area contributed by atoms with E-state index in [2.05, 4.69) is 5.32 Å². The Morgan fingerprint density at radius 1 is 1.40 bits per heavy atom. The molecule has 3 nitrogen and oxygen atoms in total. The van der Waals surface area contributed by atoms with Gasteiger partial charge in [-0.05, 0) is 12.1 Å². The van der Waals surface area contributed by atoms with E-state index in [-0.39, 0.29) is 5.91 Å². The lowest BCUT2D eigenvalue weighted by Gasteiger charge is -2.01. The molecule has 80 valence electrons. The van der Waals surface area contributed by atoms with Gasteiger partial charge in [-0.3, -0.25) is 9.59 Å². The smallest absolute Gasteiger partial charge is 0.220 e. The van der Waals surface area contributed by atoms with E-state index >= 15 is 0 Å². The highest BCUT2D eigenvalue weighted by Gasteiger charge is 1.99. The van der Waals surface area contributed by atoms with Crippen LogP contribution in [0.4, 0.5) is 0 Å². The Morgan fingerprint density at radius 2 is 2.07 bits per heavy atom. The molecule has 15 heavy (non-hydrogen) atoms. The van der Waals surface area contributed by atoms with Crippen molar-refractivity contribution in [2.45, 2.75) is 11.3 Å². The van der Waals surface area contributed by atoms with E-state index in [0.717, 1.165) is 16.9 Å². The summed E-state index contributed by atoms with van der Waals surface area (Å²) in [4.78, 5) is 22.4. The summed E-state index contributed by atoms with van der Waals surface area (Å²) >= 11 is 1.61. The van der Waals surface area contributed by atoms with Gasteiger partial charge in [-0.2, -0.15) is 0 Å². The summed E-state index contributed by atoms with van der Waals surface area (Å²) in [7, 11) is 1.63. The van der Waals surface area contributed by atoms with Gasteiger partial charge in [0, 0.05) is 29.7 Å². The molecule has 0 heterocycles. The third kappa shape index (κ3) is 4.16. The predicted molar refractivity (Wildman–Crippen MR) is 61.2 cm³/mol. The lowest BCUT2D eigenvalue weighted by Crippen LogP contribution is -2.17. The molecule has 4 heteroatoms. The van der Waals surface area contributed by atoms with Gasteiger partial charge in [0.1, 0.15) is 6.29 Å². The Balaban J connectivity index is 2.37. The first-order chi connectivity index (χ1) is 7.26. The fourth-order valence-electron chi connectivity index (χ4n) is 1.03. The molecule has 0 spiro atoms. The maximum Gasteiger partial charge on any atom is 0.220 e. The third-order valence-electron chi connectivity index (χ3n) is 1.89. The minimum absolute atomic E-state index is 0.0482. The number of amides is 1. The molecular formula is C11H13NO2S. The zero-order valence-corrected chi connectivity index (χ0v) is 9.34. The minimum Gasteiger partial charge on any atom is -0.359 e. The number of hydrogen-bond acceptors (Lipinski definition) is 3. The zero-order chi connectivity index (χ0) is 11.1. The Bertz CT molecular complexity index is 335. The molecule has 0 bridgehead atoms. The van der Waals surface area contributed by atoms with E-state index in [0.29, 0.717) is 12.0 Å². The van der Waals surface area contributed by atoms with Crippen molar-refractivity contribution in [2.24, 2.45) is 0 Å². The number of rotatable bonds is 5. The summed E-state index contributed by atoms with van der Waals surface area (Å²) in [6.07, 6.45) is 1.33. The van der Waals surface area contributed by atoms with Crippen molar-refractivity contribution in [3.8, 4) is 0 Å². The van der Waals surface area contributed by atoms with Crippen molar-refractivity contribution in [3.63, 3.8) is 0 Å². The van der Waals surface area contributed by atoms with Gasteiger partial charge < -0.3 is 5.32 Å². The minimum atomic E-state index is 0.0482. The second-order valence-electron chi connectivity index (χ2n) is 2.96. The number of thioether (sulfide) groups is 1. The van der Waals surface area contributed by atoms with Crippen LogP contribution in [0.3, 0.4) is 0 Å². The van der Waals surface area contributed by atoms with E-state index < -0.39 is 0 Å². The van der Waals surface area contributed by atoms with Crippen molar-refractivity contribution >= 4 is 24.0 Å². The Labute approximate surface area is 93.3 Å². The zero-order valence-electron chi connectivity index (χ0n) is 8.53. The first kappa shape index (κ1) is 11.8. The third-order valence-corrected chi connectivity index (χ3v) is 2.91. The maximum absolute atomic E-state index is 10.9. The van der Waals surface area contributed by atoms with Crippen LogP contribution < -0.4 is 5.32 Å². The molecule has 0 aliphatic carbocycles. The molecular weight excluding hydrogens is 210 g/mol. The highest BCUT2D eigenvalue weighted by atomic mass is 32.2. The Kier molecular flexibility index (Phi) is 4.90. The average molecular weight is 223 g/mol. The van der Waals surface area contributed by atoms with Crippen LogP contribution in [-0.2, 0) is 4.79 Å². The van der Waals surface area contributed by atoms with Crippen molar-refractivity contribution in [2.75, 3.05) is 12.8 Å². The standard InChI is InChI=1S/C11H13NO2S/c1-12-11(14)6-7-15-10-4-2-9(8-13)3-5-10/h2-5,8H,6-7H2,1H3,(H,12,14). The van der Waals surface area contributed by atoms with Crippen LogP contribution in [0.1, 0.15) is 16.8 Å². The van der Waals surface area contributed by atoms with Crippen LogP contribution in [0.25, 0.3) is 0 Å². The van der Waals surface area contributed by atoms with Gasteiger partial charge in [-0.25, -0.2) is 0 Å². The van der Waals surface area contributed by atoms with Crippen LogP contribution in [-0.4, -0.2) is 25.0 Å². The van der Waals surface area contributed by atoms with Crippen LogP contribution >= 0.6 is 11.8 Å². The van der Waals surface area contributed by atoms with Gasteiger partial charge in [-0.1, -0.05) is 12.1 Å². The second kappa shape index (κ2) is 6.24. The number of carbonyl (C=O) groups is 2. The van der Waals surface area contributed by atoms with E-state index in [1.165, 1.54) is 0 Å². The molecule has 0 saturated heterocycles. The fraction of sp³-hybridized carbons (Fsp3) is 0.273. The lowest BCUT2D eigenvalue weighted by atomic mass is 10.2. The van der Waals surface area contributed by atoms with Crippen molar-refractivity contribution in [1.29, 1.82) is 0 Å². The summed E-state index contributed by atoms with van der Waals surface area (Å²) in [6, 6.07) is 7.32. The summed E-state index contributed by atoms with van der Waals surface area (Å²) in [5.41, 5.74) is 0.672. The lowest BCUT2D eigenvalue weighted by molar-refractivity contribution is -0.120. The van der Waals surface area contributed by atoms with Gasteiger partial charge in [-0.15, -0.1) is 11.8 Å². The largest absolute Gasteiger partial charge is 0.359 e. The van der Waals surface area contributed by atoms with Gasteiger partial charge in [0.05, 0.1) is 0 Å². The van der Waals surface area contributed by atoms with E-state index in [1.807, 2.05) is 12.1 Å². The molecule has 1 aromatic rings. The highest BCUT2D eigenvalue weighted by Crippen LogP contribution is 2.18. The topological polar surface area (TPSA) is 46.2 Å². The number of aldehydes is 1. The molecule has 0 unspecified atom stereocenters. The van der Waals surface area contributed by atoms with Crippen LogP contribution in [0.15, 0.2) is 29.2 Å². The summed E-state index contributed by atoms with van der Waals surface area (Å²) < 4.78 is 0. The van der Waals surface area contributed by atoms with Gasteiger partial charge in [0.25, 0.3) is 0 Å². The summed E-state index contributed by atoms with van der Waals surface area (Å²) in [5, 5.41) is 2.57. The van der Waals surface area contributed by atoms with Crippen molar-refractivity contribution in [3.05, 3.63) is 29.8 Å². The average Bonchev–Trinajstić information content (AvgIpc) is 2.29. The SMILES string of the molecule is CNC(=O)CCSc1ccc(C=O)cc1. The van der Waals surface area contributed by atoms with Gasteiger partial charge in [0.15, 0.2) is 0 Å². The molecule has 0 radical (unpaired) electrons.